The van der Waals surface area contributed by atoms with Gasteiger partial charge in [-0.25, -0.2) is 4.99 Å². The van der Waals surface area contributed by atoms with E-state index in [-0.39, 0.29) is 18.5 Å². The van der Waals surface area contributed by atoms with E-state index in [4.69, 9.17) is 44.2 Å². The molecule has 0 fully saturated rings. The van der Waals surface area contributed by atoms with Gasteiger partial charge in [-0.2, -0.15) is 10.1 Å². The molecule has 0 spiro atoms. The molecule has 9 heteroatoms. The van der Waals surface area contributed by atoms with Crippen LogP contribution in [0, 0.1) is 0 Å². The highest BCUT2D eigenvalue weighted by molar-refractivity contribution is 6.42. The summed E-state index contributed by atoms with van der Waals surface area (Å²) < 4.78 is 5.82. The number of nitrogens with two attached hydrogens (primary N) is 2. The van der Waals surface area contributed by atoms with E-state index in [1.807, 2.05) is 38.1 Å². The normalized spacial score (nSPS) is 15.9. The smallest absolute Gasteiger partial charge is 0.226 e. The maximum Gasteiger partial charge on any atom is 0.226 e. The fraction of sp³-hybridized carbons (Fsp3) is 0.222. The Kier molecular flexibility index (Phi) is 5.46. The van der Waals surface area contributed by atoms with E-state index in [1.54, 1.807) is 18.2 Å². The first-order valence-electron chi connectivity index (χ1n) is 8.09. The molecule has 3 rings (SSSR count). The highest BCUT2D eigenvalue weighted by Crippen LogP contribution is 2.30. The van der Waals surface area contributed by atoms with E-state index in [0.717, 1.165) is 5.56 Å². The first-order valence-corrected chi connectivity index (χ1v) is 8.85. The van der Waals surface area contributed by atoms with Crippen molar-refractivity contribution in [2.75, 3.05) is 0 Å². The molecule has 142 valence electrons. The number of ether oxygens (including phenoxy) is 1. The van der Waals surface area contributed by atoms with Crippen molar-refractivity contribution >= 4 is 35.1 Å². The first kappa shape index (κ1) is 19.3. The van der Waals surface area contributed by atoms with Gasteiger partial charge in [-0.3, -0.25) is 4.84 Å². The number of benzene rings is 2. The third kappa shape index (κ3) is 4.63. The number of hydrogen-bond acceptors (Lipinski definition) is 7. The number of hydroxylamine groups is 2. The molecule has 0 saturated heterocycles. The summed E-state index contributed by atoms with van der Waals surface area (Å²) in [4.78, 5) is 14.0. The second-order valence-electron chi connectivity index (χ2n) is 6.33. The van der Waals surface area contributed by atoms with E-state index < -0.39 is 5.66 Å². The van der Waals surface area contributed by atoms with Crippen molar-refractivity contribution in [1.82, 2.24) is 5.06 Å². The summed E-state index contributed by atoms with van der Waals surface area (Å²) in [5.74, 6) is 1.49. The van der Waals surface area contributed by atoms with Crippen LogP contribution in [0.5, 0.6) is 11.5 Å². The van der Waals surface area contributed by atoms with Crippen LogP contribution < -0.4 is 16.2 Å². The van der Waals surface area contributed by atoms with Crippen LogP contribution in [0.3, 0.4) is 0 Å². The van der Waals surface area contributed by atoms with E-state index in [9.17, 15) is 0 Å². The Hall–Kier alpha value is -2.48. The molecule has 0 saturated carbocycles. The van der Waals surface area contributed by atoms with Gasteiger partial charge in [0.15, 0.2) is 5.66 Å². The zero-order valence-corrected chi connectivity index (χ0v) is 16.3. The molecule has 1 aliphatic rings. The molecule has 2 aromatic rings. The van der Waals surface area contributed by atoms with Gasteiger partial charge in [-0.1, -0.05) is 35.3 Å². The van der Waals surface area contributed by atoms with Gasteiger partial charge in [-0.05, 0) is 43.7 Å². The second-order valence-corrected chi connectivity index (χ2v) is 7.14. The molecule has 4 N–H and O–H groups in total. The lowest BCUT2D eigenvalue weighted by Gasteiger charge is -2.36. The molecule has 0 radical (unpaired) electrons. The van der Waals surface area contributed by atoms with Gasteiger partial charge in [0, 0.05) is 6.07 Å². The van der Waals surface area contributed by atoms with Crippen LogP contribution in [0.25, 0.3) is 0 Å². The maximum absolute atomic E-state index is 6.02. The lowest BCUT2D eigenvalue weighted by molar-refractivity contribution is -0.166. The molecule has 1 aliphatic heterocycles. The lowest BCUT2D eigenvalue weighted by Crippen LogP contribution is -2.53. The Morgan fingerprint density at radius 3 is 2.48 bits per heavy atom. The molecule has 0 bridgehead atoms. The Bertz CT molecular complexity index is 914. The third-order valence-electron chi connectivity index (χ3n) is 3.71. The summed E-state index contributed by atoms with van der Waals surface area (Å²) in [5.41, 5.74) is 11.7. The molecule has 0 amide bonds. The van der Waals surface area contributed by atoms with Gasteiger partial charge in [0.1, 0.15) is 18.1 Å². The predicted molar refractivity (Wildman–Crippen MR) is 107 cm³/mol. The third-order valence-corrected chi connectivity index (χ3v) is 4.45. The van der Waals surface area contributed by atoms with Crippen molar-refractivity contribution in [3.8, 4) is 11.5 Å². The number of nitrogens with zero attached hydrogens (tertiary/aromatic N) is 3. The number of rotatable bonds is 5. The van der Waals surface area contributed by atoms with E-state index in [1.165, 1.54) is 5.06 Å². The average Bonchev–Trinajstić information content (AvgIpc) is 2.57. The Morgan fingerprint density at radius 2 is 1.78 bits per heavy atom. The molecule has 0 aliphatic carbocycles. The highest BCUT2D eigenvalue weighted by atomic mass is 35.5. The molecular weight excluding hydrogens is 389 g/mol. The minimum atomic E-state index is -0.760. The standard InChI is InChI=1S/C18H19Cl2N5O2/c1-18(2)24-16(21)23-17(22)25(18)26-10-11-4-3-5-12(8-11)27-13-6-7-14(19)15(20)9-13/h3-9H,10H2,1-2H3,(H4,21,22,23,24). The Balaban J connectivity index is 1.69. The predicted octanol–water partition coefficient (Wildman–Crippen LogP) is 3.90. The number of aliphatic imine (C=N–C) groups is 2. The van der Waals surface area contributed by atoms with Crippen molar-refractivity contribution in [2.24, 2.45) is 21.5 Å². The van der Waals surface area contributed by atoms with Crippen molar-refractivity contribution in [2.45, 2.75) is 26.1 Å². The van der Waals surface area contributed by atoms with Crippen LogP contribution >= 0.6 is 23.2 Å². The van der Waals surface area contributed by atoms with Crippen molar-refractivity contribution in [3.05, 3.63) is 58.1 Å². The largest absolute Gasteiger partial charge is 0.457 e. The quantitative estimate of drug-likeness (QED) is 0.782. The van der Waals surface area contributed by atoms with E-state index in [2.05, 4.69) is 9.98 Å². The molecule has 0 aromatic heterocycles. The summed E-state index contributed by atoms with van der Waals surface area (Å²) in [6.45, 7) is 3.89. The summed E-state index contributed by atoms with van der Waals surface area (Å²) >= 11 is 11.9. The summed E-state index contributed by atoms with van der Waals surface area (Å²) in [7, 11) is 0. The van der Waals surface area contributed by atoms with E-state index in [0.29, 0.717) is 21.5 Å². The zero-order chi connectivity index (χ0) is 19.6. The fourth-order valence-electron chi connectivity index (χ4n) is 2.53. The van der Waals surface area contributed by atoms with Crippen molar-refractivity contribution in [3.63, 3.8) is 0 Å². The van der Waals surface area contributed by atoms with Crippen LogP contribution in [-0.2, 0) is 11.4 Å². The molecule has 0 atom stereocenters. The monoisotopic (exact) mass is 407 g/mol. The maximum atomic E-state index is 6.02. The summed E-state index contributed by atoms with van der Waals surface area (Å²) in [6, 6.07) is 12.5. The van der Waals surface area contributed by atoms with Crippen LogP contribution in [0.15, 0.2) is 52.4 Å². The van der Waals surface area contributed by atoms with Crippen LogP contribution in [0.2, 0.25) is 10.0 Å². The first-order chi connectivity index (χ1) is 12.7. The molecule has 2 aromatic carbocycles. The zero-order valence-electron chi connectivity index (χ0n) is 14.8. The van der Waals surface area contributed by atoms with Gasteiger partial charge in [-0.15, -0.1) is 0 Å². The van der Waals surface area contributed by atoms with Gasteiger partial charge < -0.3 is 16.2 Å². The number of halogens is 2. The molecule has 1 heterocycles. The van der Waals surface area contributed by atoms with Crippen LogP contribution in [-0.4, -0.2) is 22.6 Å². The Labute approximate surface area is 167 Å². The molecule has 0 unspecified atom stereocenters. The van der Waals surface area contributed by atoms with Gasteiger partial charge in [0.25, 0.3) is 0 Å². The SMILES string of the molecule is CC1(C)N=C(N)N=C(N)N1OCc1cccc(Oc2ccc(Cl)c(Cl)c2)c1. The molecule has 7 nitrogen and oxygen atoms in total. The molecule has 27 heavy (non-hydrogen) atoms. The summed E-state index contributed by atoms with van der Waals surface area (Å²) in [5, 5.41) is 2.32. The summed E-state index contributed by atoms with van der Waals surface area (Å²) in [6.07, 6.45) is 0. The lowest BCUT2D eigenvalue weighted by atomic mass is 10.2. The minimum absolute atomic E-state index is 0.120. The van der Waals surface area contributed by atoms with Gasteiger partial charge >= 0.3 is 0 Å². The minimum Gasteiger partial charge on any atom is -0.457 e. The fourth-order valence-corrected chi connectivity index (χ4v) is 2.82. The second kappa shape index (κ2) is 7.64. The Morgan fingerprint density at radius 1 is 1.04 bits per heavy atom. The average molecular weight is 408 g/mol. The highest BCUT2D eigenvalue weighted by Gasteiger charge is 2.33. The van der Waals surface area contributed by atoms with E-state index >= 15 is 0 Å². The number of hydrogen-bond donors (Lipinski definition) is 2. The van der Waals surface area contributed by atoms with Gasteiger partial charge in [0.05, 0.1) is 10.0 Å². The van der Waals surface area contributed by atoms with Crippen LogP contribution in [0.4, 0.5) is 0 Å². The van der Waals surface area contributed by atoms with Crippen molar-refractivity contribution < 1.29 is 9.57 Å². The molecular formula is C18H19Cl2N5O2. The van der Waals surface area contributed by atoms with Crippen molar-refractivity contribution in [1.29, 1.82) is 0 Å². The topological polar surface area (TPSA) is 98.5 Å². The van der Waals surface area contributed by atoms with Crippen LogP contribution in [0.1, 0.15) is 19.4 Å². The van der Waals surface area contributed by atoms with Gasteiger partial charge in [0.2, 0.25) is 11.9 Å². The number of guanidine groups is 2.